The van der Waals surface area contributed by atoms with Crippen LogP contribution in [0.3, 0.4) is 0 Å². The summed E-state index contributed by atoms with van der Waals surface area (Å²) in [6.07, 6.45) is -5.41. The van der Waals surface area contributed by atoms with Crippen LogP contribution in [0.4, 0.5) is 18.0 Å². The average molecular weight is 210 g/mol. The van der Waals surface area contributed by atoms with Crippen molar-refractivity contribution < 1.29 is 27.4 Å². The molecule has 0 heterocycles. The van der Waals surface area contributed by atoms with Crippen LogP contribution < -0.4 is 0 Å². The minimum absolute atomic E-state index is 0.112. The van der Waals surface area contributed by atoms with Crippen molar-refractivity contribution in [3.05, 3.63) is 0 Å². The van der Waals surface area contributed by atoms with Crippen LogP contribution in [0.2, 0.25) is 0 Å². The first-order valence-electron chi connectivity index (χ1n) is 4.16. The molecule has 0 aromatic carbocycles. The number of carbonyl (C=O) groups excluding carboxylic acids is 1. The first-order valence-corrected chi connectivity index (χ1v) is 4.16. The zero-order valence-electron chi connectivity index (χ0n) is 7.48. The van der Waals surface area contributed by atoms with Crippen LogP contribution in [-0.2, 0) is 9.47 Å². The molecule has 3 aliphatic carbocycles. The summed E-state index contributed by atoms with van der Waals surface area (Å²) in [5.41, 5.74) is -2.47. The molecule has 0 spiro atoms. The van der Waals surface area contributed by atoms with Crippen molar-refractivity contribution in [2.75, 3.05) is 7.11 Å². The number of halogens is 3. The Kier molecular flexibility index (Phi) is 1.61. The van der Waals surface area contributed by atoms with E-state index in [4.69, 9.17) is 4.74 Å². The Morgan fingerprint density at radius 1 is 1.29 bits per heavy atom. The maximum atomic E-state index is 12.3. The second-order valence-electron chi connectivity index (χ2n) is 4.05. The third kappa shape index (κ3) is 1.02. The van der Waals surface area contributed by atoms with Crippen molar-refractivity contribution in [3.63, 3.8) is 0 Å². The van der Waals surface area contributed by atoms with Crippen LogP contribution in [0.25, 0.3) is 0 Å². The maximum Gasteiger partial charge on any atom is 0.508 e. The normalized spacial score (nSPS) is 39.4. The van der Waals surface area contributed by atoms with Crippen molar-refractivity contribution in [2.24, 2.45) is 5.41 Å². The largest absolute Gasteiger partial charge is 0.508 e. The smallest absolute Gasteiger partial charge is 0.438 e. The molecule has 3 aliphatic rings. The van der Waals surface area contributed by atoms with Gasteiger partial charge in [-0.15, -0.1) is 0 Å². The summed E-state index contributed by atoms with van der Waals surface area (Å²) in [5.74, 6) is 0. The van der Waals surface area contributed by atoms with Gasteiger partial charge in [-0.1, -0.05) is 0 Å². The molecule has 0 aromatic heterocycles. The number of ether oxygens (including phenoxy) is 2. The van der Waals surface area contributed by atoms with E-state index in [1.54, 1.807) is 0 Å². The lowest BCUT2D eigenvalue weighted by Crippen LogP contribution is -2.73. The number of methoxy groups -OCH3 is 1. The Hall–Kier alpha value is -0.940. The number of rotatable bonds is 1. The van der Waals surface area contributed by atoms with Gasteiger partial charge in [0.15, 0.2) is 0 Å². The van der Waals surface area contributed by atoms with E-state index in [0.29, 0.717) is 0 Å². The molecule has 3 nitrogen and oxygen atoms in total. The molecule has 3 fully saturated rings. The molecule has 0 atom stereocenters. The number of hydrogen-bond acceptors (Lipinski definition) is 3. The van der Waals surface area contributed by atoms with Crippen LogP contribution in [0.5, 0.6) is 0 Å². The van der Waals surface area contributed by atoms with E-state index < -0.39 is 23.3 Å². The standard InChI is InChI=1S/C8H9F3O3/c1-13-5(12)14-7-2-6(3-7,4-7)8(9,10)11/h2-4H2,1H3. The fourth-order valence-electron chi connectivity index (χ4n) is 2.32. The number of hydrogen-bond donors (Lipinski definition) is 0. The minimum atomic E-state index is -4.17. The van der Waals surface area contributed by atoms with Crippen molar-refractivity contribution in [1.82, 2.24) is 0 Å². The molecule has 3 rings (SSSR count). The minimum Gasteiger partial charge on any atom is -0.438 e. The van der Waals surface area contributed by atoms with Crippen molar-refractivity contribution in [2.45, 2.75) is 31.0 Å². The molecular formula is C8H9F3O3. The second-order valence-corrected chi connectivity index (χ2v) is 4.05. The van der Waals surface area contributed by atoms with Crippen LogP contribution in [0, 0.1) is 5.41 Å². The lowest BCUT2D eigenvalue weighted by molar-refractivity contribution is -0.381. The number of carbonyl (C=O) groups is 1. The van der Waals surface area contributed by atoms with Gasteiger partial charge in [0.05, 0.1) is 12.5 Å². The molecule has 0 amide bonds. The fraction of sp³-hybridized carbons (Fsp3) is 0.875. The number of alkyl halides is 3. The molecule has 0 radical (unpaired) electrons. The monoisotopic (exact) mass is 210 g/mol. The lowest BCUT2D eigenvalue weighted by atomic mass is 9.41. The summed E-state index contributed by atoms with van der Waals surface area (Å²) >= 11 is 0. The quantitative estimate of drug-likeness (QED) is 0.622. The summed E-state index contributed by atoms with van der Waals surface area (Å²) in [7, 11) is 1.13. The predicted octanol–water partition coefficient (Wildman–Crippen LogP) is 2.25. The average Bonchev–Trinajstić information content (AvgIpc) is 1.90. The first-order chi connectivity index (χ1) is 6.33. The Balaban J connectivity index is 1.92. The molecule has 3 saturated carbocycles. The predicted molar refractivity (Wildman–Crippen MR) is 38.6 cm³/mol. The van der Waals surface area contributed by atoms with Gasteiger partial charge in [0.25, 0.3) is 0 Å². The van der Waals surface area contributed by atoms with Crippen LogP contribution in [-0.4, -0.2) is 25.0 Å². The Labute approximate surface area is 78.2 Å². The van der Waals surface area contributed by atoms with E-state index in [2.05, 4.69) is 4.74 Å². The molecule has 0 unspecified atom stereocenters. The van der Waals surface area contributed by atoms with E-state index in [1.165, 1.54) is 0 Å². The third-order valence-corrected chi connectivity index (χ3v) is 3.05. The molecular weight excluding hydrogens is 201 g/mol. The fourth-order valence-corrected chi connectivity index (χ4v) is 2.32. The zero-order valence-corrected chi connectivity index (χ0v) is 7.48. The topological polar surface area (TPSA) is 35.5 Å². The van der Waals surface area contributed by atoms with E-state index >= 15 is 0 Å². The zero-order chi connectivity index (χ0) is 10.6. The highest BCUT2D eigenvalue weighted by molar-refractivity contribution is 5.61. The molecule has 6 heteroatoms. The second kappa shape index (κ2) is 2.35. The van der Waals surface area contributed by atoms with E-state index in [0.717, 1.165) is 7.11 Å². The van der Waals surface area contributed by atoms with Crippen molar-refractivity contribution in [1.29, 1.82) is 0 Å². The Morgan fingerprint density at radius 2 is 1.79 bits per heavy atom. The molecule has 0 saturated heterocycles. The van der Waals surface area contributed by atoms with Crippen molar-refractivity contribution >= 4 is 6.16 Å². The molecule has 0 N–H and O–H groups in total. The molecule has 0 aliphatic heterocycles. The van der Waals surface area contributed by atoms with E-state index in [1.807, 2.05) is 0 Å². The van der Waals surface area contributed by atoms with Gasteiger partial charge < -0.3 is 9.47 Å². The molecule has 2 bridgehead atoms. The molecule has 14 heavy (non-hydrogen) atoms. The van der Waals surface area contributed by atoms with Gasteiger partial charge >= 0.3 is 12.3 Å². The summed E-state index contributed by atoms with van der Waals surface area (Å²) in [5, 5.41) is 0. The Bertz CT molecular complexity index is 264. The summed E-state index contributed by atoms with van der Waals surface area (Å²) in [4.78, 5) is 10.7. The highest BCUT2D eigenvalue weighted by Gasteiger charge is 2.80. The van der Waals surface area contributed by atoms with Gasteiger partial charge in [-0.25, -0.2) is 4.79 Å². The highest BCUT2D eigenvalue weighted by Crippen LogP contribution is 2.74. The summed E-state index contributed by atoms with van der Waals surface area (Å²) in [6.45, 7) is 0. The SMILES string of the molecule is COC(=O)OC12CC(C(F)(F)F)(C1)C2. The van der Waals surface area contributed by atoms with E-state index in [-0.39, 0.29) is 19.3 Å². The van der Waals surface area contributed by atoms with Gasteiger partial charge in [0.1, 0.15) is 5.60 Å². The summed E-state index contributed by atoms with van der Waals surface area (Å²) in [6, 6.07) is 0. The lowest BCUT2D eigenvalue weighted by Gasteiger charge is -2.68. The van der Waals surface area contributed by atoms with Crippen molar-refractivity contribution in [3.8, 4) is 0 Å². The maximum absolute atomic E-state index is 12.3. The van der Waals surface area contributed by atoms with Crippen LogP contribution >= 0.6 is 0 Å². The van der Waals surface area contributed by atoms with Gasteiger partial charge in [-0.05, 0) is 0 Å². The first kappa shape index (κ1) is 9.61. The van der Waals surface area contributed by atoms with Crippen LogP contribution in [0.1, 0.15) is 19.3 Å². The van der Waals surface area contributed by atoms with Crippen LogP contribution in [0.15, 0.2) is 0 Å². The summed E-state index contributed by atoms with van der Waals surface area (Å²) < 4.78 is 46.0. The van der Waals surface area contributed by atoms with E-state index in [9.17, 15) is 18.0 Å². The molecule has 80 valence electrons. The van der Waals surface area contributed by atoms with Gasteiger partial charge in [0, 0.05) is 19.3 Å². The van der Waals surface area contributed by atoms with Gasteiger partial charge in [0.2, 0.25) is 0 Å². The highest BCUT2D eigenvalue weighted by atomic mass is 19.4. The van der Waals surface area contributed by atoms with Gasteiger partial charge in [-0.2, -0.15) is 13.2 Å². The van der Waals surface area contributed by atoms with Gasteiger partial charge in [-0.3, -0.25) is 0 Å². The molecule has 0 aromatic rings. The third-order valence-electron chi connectivity index (χ3n) is 3.05. The Morgan fingerprint density at radius 3 is 2.14 bits per heavy atom.